The van der Waals surface area contributed by atoms with Gasteiger partial charge in [-0.25, -0.2) is 0 Å². The molecule has 0 saturated carbocycles. The molecular weight excluding hydrogens is 270 g/mol. The third-order valence-electron chi connectivity index (χ3n) is 2.73. The summed E-state index contributed by atoms with van der Waals surface area (Å²) < 4.78 is 0. The predicted molar refractivity (Wildman–Crippen MR) is 79.7 cm³/mol. The van der Waals surface area contributed by atoms with Gasteiger partial charge in [-0.15, -0.1) is 0 Å². The summed E-state index contributed by atoms with van der Waals surface area (Å²) in [5.74, 6) is -0.728. The molecule has 0 aromatic heterocycles. The summed E-state index contributed by atoms with van der Waals surface area (Å²) in [6.45, 7) is 4.03. The molecule has 0 fully saturated rings. The van der Waals surface area contributed by atoms with Gasteiger partial charge < -0.3 is 16.0 Å². The highest BCUT2D eigenvalue weighted by Crippen LogP contribution is 2.00. The van der Waals surface area contributed by atoms with Gasteiger partial charge in [0.25, 0.3) is 5.91 Å². The smallest absolute Gasteiger partial charge is 0.251 e. The second-order valence-electron chi connectivity index (χ2n) is 4.67. The fraction of sp³-hybridized carbons (Fsp3) is 0.400. The predicted octanol–water partition coefficient (Wildman–Crippen LogP) is 0.447. The minimum atomic E-state index is -0.313. The second kappa shape index (κ2) is 8.73. The van der Waals surface area contributed by atoms with Crippen LogP contribution in [-0.4, -0.2) is 36.9 Å². The molecule has 3 amide bonds. The third-order valence-corrected chi connectivity index (χ3v) is 2.73. The molecule has 21 heavy (non-hydrogen) atoms. The molecule has 1 aromatic rings. The summed E-state index contributed by atoms with van der Waals surface area (Å²) in [5.41, 5.74) is 0.548. The Kier molecular flexibility index (Phi) is 6.94. The van der Waals surface area contributed by atoms with Crippen LogP contribution in [0.2, 0.25) is 0 Å². The maximum absolute atomic E-state index is 11.9. The van der Waals surface area contributed by atoms with Crippen LogP contribution in [0, 0.1) is 0 Å². The molecule has 0 spiro atoms. The largest absolute Gasteiger partial charge is 0.355 e. The first-order valence-electron chi connectivity index (χ1n) is 6.92. The van der Waals surface area contributed by atoms with E-state index < -0.39 is 0 Å². The number of carbonyl (C=O) groups excluding carboxylic acids is 3. The number of amides is 3. The van der Waals surface area contributed by atoms with Crippen molar-refractivity contribution in [3.05, 3.63) is 35.9 Å². The van der Waals surface area contributed by atoms with Crippen LogP contribution in [0.3, 0.4) is 0 Å². The van der Waals surface area contributed by atoms with E-state index in [1.165, 1.54) is 0 Å². The van der Waals surface area contributed by atoms with Gasteiger partial charge >= 0.3 is 0 Å². The van der Waals surface area contributed by atoms with Crippen LogP contribution in [-0.2, 0) is 9.59 Å². The van der Waals surface area contributed by atoms with Crippen molar-refractivity contribution >= 4 is 17.7 Å². The Labute approximate surface area is 124 Å². The summed E-state index contributed by atoms with van der Waals surface area (Å²) in [6.07, 6.45) is 0.123. The molecule has 1 unspecified atom stereocenters. The molecule has 114 valence electrons. The van der Waals surface area contributed by atoms with E-state index in [0.29, 0.717) is 12.1 Å². The topological polar surface area (TPSA) is 87.3 Å². The molecule has 3 N–H and O–H groups in total. The number of rotatable bonds is 7. The maximum atomic E-state index is 11.9. The van der Waals surface area contributed by atoms with E-state index in [1.54, 1.807) is 38.1 Å². The monoisotopic (exact) mass is 291 g/mol. The van der Waals surface area contributed by atoms with E-state index in [9.17, 15) is 14.4 Å². The highest BCUT2D eigenvalue weighted by atomic mass is 16.2. The van der Waals surface area contributed by atoms with Gasteiger partial charge in [-0.1, -0.05) is 18.2 Å². The molecule has 0 bridgehead atoms. The lowest BCUT2D eigenvalue weighted by molar-refractivity contribution is -0.126. The number of carbonyl (C=O) groups is 3. The molecule has 0 aliphatic carbocycles. The van der Waals surface area contributed by atoms with Crippen molar-refractivity contribution in [2.45, 2.75) is 26.3 Å². The molecule has 0 saturated heterocycles. The Morgan fingerprint density at radius 1 is 1.05 bits per heavy atom. The van der Waals surface area contributed by atoms with Crippen molar-refractivity contribution in [2.75, 3.05) is 13.1 Å². The van der Waals surface area contributed by atoms with E-state index in [4.69, 9.17) is 0 Å². The molecular formula is C15H21N3O3. The van der Waals surface area contributed by atoms with Crippen molar-refractivity contribution in [3.63, 3.8) is 0 Å². The number of likely N-dealkylation sites (N-methyl/N-ethyl adjacent to an activating group) is 1. The van der Waals surface area contributed by atoms with Crippen LogP contribution in [0.1, 0.15) is 30.6 Å². The van der Waals surface area contributed by atoms with E-state index >= 15 is 0 Å². The molecule has 0 aliphatic heterocycles. The molecule has 0 radical (unpaired) electrons. The van der Waals surface area contributed by atoms with Gasteiger partial charge in [0.1, 0.15) is 0 Å². The van der Waals surface area contributed by atoms with Gasteiger partial charge in [0, 0.05) is 24.6 Å². The highest BCUT2D eigenvalue weighted by molar-refractivity contribution is 5.94. The summed E-state index contributed by atoms with van der Waals surface area (Å²) in [6, 6.07) is 8.48. The van der Waals surface area contributed by atoms with Crippen molar-refractivity contribution in [1.29, 1.82) is 0 Å². The fourth-order valence-electron chi connectivity index (χ4n) is 1.74. The quantitative estimate of drug-likeness (QED) is 0.681. The van der Waals surface area contributed by atoms with Crippen LogP contribution in [0.4, 0.5) is 0 Å². The normalized spacial score (nSPS) is 11.3. The van der Waals surface area contributed by atoms with Crippen LogP contribution in [0.25, 0.3) is 0 Å². The maximum Gasteiger partial charge on any atom is 0.251 e. The third kappa shape index (κ3) is 6.56. The van der Waals surface area contributed by atoms with Crippen molar-refractivity contribution < 1.29 is 14.4 Å². The Balaban J connectivity index is 2.33. The zero-order valence-electron chi connectivity index (χ0n) is 12.3. The van der Waals surface area contributed by atoms with Gasteiger partial charge in [-0.05, 0) is 26.0 Å². The minimum absolute atomic E-state index is 0.0496. The summed E-state index contributed by atoms with van der Waals surface area (Å²) in [7, 11) is 0. The Bertz CT molecular complexity index is 488. The molecule has 1 rings (SSSR count). The lowest BCUT2D eigenvalue weighted by Crippen LogP contribution is -2.40. The number of benzene rings is 1. The first kappa shape index (κ1) is 16.7. The molecule has 6 nitrogen and oxygen atoms in total. The first-order valence-corrected chi connectivity index (χ1v) is 6.92. The SMILES string of the molecule is CCNC(=O)CNC(=O)CC(C)NC(=O)c1ccccc1. The van der Waals surface area contributed by atoms with E-state index in [0.717, 1.165) is 0 Å². The first-order chi connectivity index (χ1) is 10.0. The number of nitrogens with one attached hydrogen (secondary N) is 3. The number of hydrogen-bond donors (Lipinski definition) is 3. The van der Waals surface area contributed by atoms with Crippen LogP contribution < -0.4 is 16.0 Å². The van der Waals surface area contributed by atoms with Crippen LogP contribution >= 0.6 is 0 Å². The van der Waals surface area contributed by atoms with Gasteiger partial charge in [-0.3, -0.25) is 14.4 Å². The molecule has 1 aromatic carbocycles. The average molecular weight is 291 g/mol. The summed E-state index contributed by atoms with van der Waals surface area (Å²) >= 11 is 0. The van der Waals surface area contributed by atoms with Gasteiger partial charge in [0.2, 0.25) is 11.8 Å². The molecule has 0 aliphatic rings. The molecule has 0 heterocycles. The van der Waals surface area contributed by atoms with E-state index in [1.807, 2.05) is 6.07 Å². The molecule has 1 atom stereocenters. The summed E-state index contributed by atoms with van der Waals surface area (Å²) in [5, 5.41) is 7.83. The van der Waals surface area contributed by atoms with E-state index in [-0.39, 0.29) is 36.7 Å². The summed E-state index contributed by atoms with van der Waals surface area (Å²) in [4.78, 5) is 34.7. The van der Waals surface area contributed by atoms with Crippen molar-refractivity contribution in [1.82, 2.24) is 16.0 Å². The number of hydrogen-bond acceptors (Lipinski definition) is 3. The van der Waals surface area contributed by atoms with Gasteiger partial charge in [0.15, 0.2) is 0 Å². The zero-order chi connectivity index (χ0) is 15.7. The average Bonchev–Trinajstić information content (AvgIpc) is 2.46. The standard InChI is InChI=1S/C15H21N3O3/c1-3-16-14(20)10-17-13(19)9-11(2)18-15(21)12-7-5-4-6-8-12/h4-8,11H,3,9-10H2,1-2H3,(H,16,20)(H,17,19)(H,18,21). The zero-order valence-corrected chi connectivity index (χ0v) is 12.3. The van der Waals surface area contributed by atoms with Gasteiger partial charge in [-0.2, -0.15) is 0 Å². The van der Waals surface area contributed by atoms with Crippen molar-refractivity contribution in [2.24, 2.45) is 0 Å². The fourth-order valence-corrected chi connectivity index (χ4v) is 1.74. The minimum Gasteiger partial charge on any atom is -0.355 e. The second-order valence-corrected chi connectivity index (χ2v) is 4.67. The Morgan fingerprint density at radius 3 is 2.33 bits per heavy atom. The Morgan fingerprint density at radius 2 is 1.71 bits per heavy atom. The highest BCUT2D eigenvalue weighted by Gasteiger charge is 2.13. The van der Waals surface area contributed by atoms with Crippen LogP contribution in [0.15, 0.2) is 30.3 Å². The van der Waals surface area contributed by atoms with Gasteiger partial charge in [0.05, 0.1) is 6.54 Å². The lowest BCUT2D eigenvalue weighted by atomic mass is 10.1. The van der Waals surface area contributed by atoms with Crippen LogP contribution in [0.5, 0.6) is 0 Å². The van der Waals surface area contributed by atoms with Crippen molar-refractivity contribution in [3.8, 4) is 0 Å². The lowest BCUT2D eigenvalue weighted by Gasteiger charge is -2.13. The van der Waals surface area contributed by atoms with E-state index in [2.05, 4.69) is 16.0 Å². The molecule has 6 heteroatoms. The Hall–Kier alpha value is -2.37.